The second kappa shape index (κ2) is 4.23. The van der Waals surface area contributed by atoms with E-state index in [1.54, 1.807) is 6.92 Å². The van der Waals surface area contributed by atoms with E-state index < -0.39 is 17.4 Å². The smallest absolute Gasteiger partial charge is 0.166 e. The summed E-state index contributed by atoms with van der Waals surface area (Å²) in [5.74, 6) is 0. The lowest BCUT2D eigenvalue weighted by Gasteiger charge is -2.10. The van der Waals surface area contributed by atoms with Gasteiger partial charge in [0.15, 0.2) is 0 Å². The number of benzene rings is 1. The second-order valence-corrected chi connectivity index (χ2v) is 2.75. The average Bonchev–Trinajstić information content (AvgIpc) is 2.17. The first-order valence-corrected chi connectivity index (χ1v) is 4.04. The van der Waals surface area contributed by atoms with Gasteiger partial charge in [0.2, 0.25) is 0 Å². The summed E-state index contributed by atoms with van der Waals surface area (Å²) in [4.78, 5) is 2.35. The molecule has 3 nitrogen and oxygen atoms in total. The summed E-state index contributed by atoms with van der Waals surface area (Å²) in [6.07, 6.45) is -2.97. The quantitative estimate of drug-likeness (QED) is 0.402. The minimum atomic E-state index is -4.51. The molecule has 1 aromatic carbocycles. The van der Waals surface area contributed by atoms with Crippen LogP contribution in [0.2, 0.25) is 0 Å². The Labute approximate surface area is 84.2 Å². The largest absolute Gasteiger partial charge is 0.416 e. The third-order valence-electron chi connectivity index (χ3n) is 1.81. The fourth-order valence-electron chi connectivity index (χ4n) is 1.10. The van der Waals surface area contributed by atoms with Crippen molar-refractivity contribution in [1.82, 2.24) is 0 Å². The molecule has 0 aromatic heterocycles. The van der Waals surface area contributed by atoms with E-state index in [2.05, 4.69) is 10.0 Å². The lowest BCUT2D eigenvalue weighted by molar-refractivity contribution is -0.137. The highest BCUT2D eigenvalue weighted by molar-refractivity contribution is 5.50. The van der Waals surface area contributed by atoms with E-state index in [1.165, 1.54) is 12.5 Å². The van der Waals surface area contributed by atoms with Crippen LogP contribution in [0.3, 0.4) is 0 Å². The summed E-state index contributed by atoms with van der Waals surface area (Å²) in [6.45, 7) is 1.63. The lowest BCUT2D eigenvalue weighted by Crippen LogP contribution is -2.05. The highest BCUT2D eigenvalue weighted by Crippen LogP contribution is 2.37. The van der Waals surface area contributed by atoms with Gasteiger partial charge in [-0.15, -0.1) is 0 Å². The Morgan fingerprint density at radius 2 is 2.07 bits per heavy atom. The van der Waals surface area contributed by atoms with Crippen molar-refractivity contribution in [3.05, 3.63) is 46.2 Å². The predicted octanol–water partition coefficient (Wildman–Crippen LogP) is 4.22. The van der Waals surface area contributed by atoms with E-state index in [9.17, 15) is 13.2 Å². The van der Waals surface area contributed by atoms with Gasteiger partial charge in [-0.3, -0.25) is 0 Å². The maximum atomic E-state index is 12.5. The standard InChI is InChI=1S/C9H7F3N3/c1-2-6-3-4-8(14-15-13)7(5-6)9(10,11)12/h2-5H,1H3. The van der Waals surface area contributed by atoms with Crippen LogP contribution in [0.15, 0.2) is 23.3 Å². The van der Waals surface area contributed by atoms with E-state index >= 15 is 0 Å². The molecule has 1 rings (SSSR count). The first-order valence-electron chi connectivity index (χ1n) is 4.04. The predicted molar refractivity (Wildman–Crippen MR) is 49.3 cm³/mol. The van der Waals surface area contributed by atoms with Crippen molar-refractivity contribution < 1.29 is 13.2 Å². The molecule has 1 radical (unpaired) electrons. The van der Waals surface area contributed by atoms with Crippen LogP contribution in [0.25, 0.3) is 10.4 Å². The van der Waals surface area contributed by atoms with Crippen LogP contribution >= 0.6 is 0 Å². The highest BCUT2D eigenvalue weighted by Gasteiger charge is 2.33. The molecule has 1 aromatic rings. The zero-order valence-electron chi connectivity index (χ0n) is 7.78. The van der Waals surface area contributed by atoms with Gasteiger partial charge in [-0.05, 0) is 23.6 Å². The maximum absolute atomic E-state index is 12.5. The third kappa shape index (κ3) is 2.63. The fourth-order valence-corrected chi connectivity index (χ4v) is 1.10. The molecule has 0 saturated carbocycles. The minimum Gasteiger partial charge on any atom is -0.166 e. The normalized spacial score (nSPS) is 10.9. The molecule has 0 amide bonds. The zero-order chi connectivity index (χ0) is 11.5. The number of hydrogen-bond acceptors (Lipinski definition) is 1. The van der Waals surface area contributed by atoms with Crippen molar-refractivity contribution in [3.63, 3.8) is 0 Å². The molecule has 0 aliphatic carbocycles. The van der Waals surface area contributed by atoms with Gasteiger partial charge in [0.05, 0.1) is 5.56 Å². The molecular formula is C9H7F3N3. The van der Waals surface area contributed by atoms with E-state index in [0.29, 0.717) is 5.56 Å². The van der Waals surface area contributed by atoms with Crippen molar-refractivity contribution in [2.45, 2.75) is 13.1 Å². The van der Waals surface area contributed by atoms with Crippen LogP contribution in [-0.2, 0) is 6.18 Å². The Hall–Kier alpha value is -1.68. The lowest BCUT2D eigenvalue weighted by atomic mass is 10.1. The molecule has 0 fully saturated rings. The zero-order valence-corrected chi connectivity index (χ0v) is 7.78. The Kier molecular flexibility index (Phi) is 3.21. The van der Waals surface area contributed by atoms with Gasteiger partial charge in [-0.1, -0.05) is 24.2 Å². The first kappa shape index (κ1) is 11.4. The summed E-state index contributed by atoms with van der Waals surface area (Å²) in [7, 11) is 0. The molecule has 0 bridgehead atoms. The molecule has 0 N–H and O–H groups in total. The molecule has 79 valence electrons. The molecule has 0 aliphatic rings. The van der Waals surface area contributed by atoms with Gasteiger partial charge in [-0.2, -0.15) is 13.2 Å². The summed E-state index contributed by atoms with van der Waals surface area (Å²) in [6, 6.07) is 3.56. The molecule has 0 heterocycles. The van der Waals surface area contributed by atoms with E-state index in [1.807, 2.05) is 0 Å². The van der Waals surface area contributed by atoms with Crippen molar-refractivity contribution in [3.8, 4) is 0 Å². The topological polar surface area (TPSA) is 48.8 Å². The van der Waals surface area contributed by atoms with Crippen molar-refractivity contribution >= 4 is 5.69 Å². The molecular weight excluding hydrogens is 207 g/mol. The molecule has 0 unspecified atom stereocenters. The van der Waals surface area contributed by atoms with E-state index in [4.69, 9.17) is 5.53 Å². The summed E-state index contributed by atoms with van der Waals surface area (Å²) >= 11 is 0. The van der Waals surface area contributed by atoms with Crippen molar-refractivity contribution in [2.24, 2.45) is 5.11 Å². The Balaban J connectivity index is 3.35. The minimum absolute atomic E-state index is 0.407. The fraction of sp³-hybridized carbons (Fsp3) is 0.222. The molecule has 15 heavy (non-hydrogen) atoms. The monoisotopic (exact) mass is 214 g/mol. The van der Waals surface area contributed by atoms with E-state index in [-0.39, 0.29) is 0 Å². The summed E-state index contributed by atoms with van der Waals surface area (Å²) in [5, 5.41) is 3.00. The number of halogens is 3. The molecule has 0 atom stereocenters. The van der Waals surface area contributed by atoms with Crippen LogP contribution < -0.4 is 0 Å². The van der Waals surface area contributed by atoms with Gasteiger partial charge >= 0.3 is 6.18 Å². The number of alkyl halides is 3. The number of azide groups is 1. The van der Waals surface area contributed by atoms with Crippen LogP contribution in [0.1, 0.15) is 18.1 Å². The Bertz CT molecular complexity index is 406. The van der Waals surface area contributed by atoms with Gasteiger partial charge in [0.1, 0.15) is 0 Å². The van der Waals surface area contributed by atoms with Crippen LogP contribution in [0.4, 0.5) is 18.9 Å². The summed E-state index contributed by atoms with van der Waals surface area (Å²) < 4.78 is 37.5. The van der Waals surface area contributed by atoms with Gasteiger partial charge in [0.25, 0.3) is 0 Å². The van der Waals surface area contributed by atoms with Crippen molar-refractivity contribution in [1.29, 1.82) is 0 Å². The van der Waals surface area contributed by atoms with Gasteiger partial charge in [0, 0.05) is 10.6 Å². The number of rotatable bonds is 2. The Morgan fingerprint density at radius 1 is 1.40 bits per heavy atom. The number of hydrogen-bond donors (Lipinski definition) is 0. The average molecular weight is 214 g/mol. The van der Waals surface area contributed by atoms with Crippen LogP contribution in [-0.4, -0.2) is 0 Å². The van der Waals surface area contributed by atoms with Crippen LogP contribution in [0.5, 0.6) is 0 Å². The molecule has 0 saturated heterocycles. The second-order valence-electron chi connectivity index (χ2n) is 2.75. The SMILES string of the molecule is C[CH]c1ccc(N=[N+]=[N-])c(C(F)(F)F)c1. The van der Waals surface area contributed by atoms with E-state index in [0.717, 1.165) is 12.1 Å². The maximum Gasteiger partial charge on any atom is 0.416 e. The third-order valence-corrected chi connectivity index (χ3v) is 1.81. The summed E-state index contributed by atoms with van der Waals surface area (Å²) in [5.41, 5.74) is 7.22. The highest BCUT2D eigenvalue weighted by atomic mass is 19.4. The van der Waals surface area contributed by atoms with Gasteiger partial charge < -0.3 is 0 Å². The van der Waals surface area contributed by atoms with Gasteiger partial charge in [-0.25, -0.2) is 0 Å². The molecule has 0 aliphatic heterocycles. The molecule has 6 heteroatoms. The molecule has 0 spiro atoms. The Morgan fingerprint density at radius 3 is 2.53 bits per heavy atom. The number of nitrogens with zero attached hydrogens (tertiary/aromatic N) is 3. The first-order chi connectivity index (χ1) is 6.99. The van der Waals surface area contributed by atoms with Crippen molar-refractivity contribution in [2.75, 3.05) is 0 Å². The van der Waals surface area contributed by atoms with Crippen LogP contribution in [0, 0.1) is 6.42 Å².